The second kappa shape index (κ2) is 16.4. The summed E-state index contributed by atoms with van der Waals surface area (Å²) in [6.45, 7) is 28.1. The molecule has 271 valence electrons. The van der Waals surface area contributed by atoms with Crippen molar-refractivity contribution in [3.05, 3.63) is 92.4 Å². The van der Waals surface area contributed by atoms with Crippen molar-refractivity contribution in [3.63, 3.8) is 0 Å². The van der Waals surface area contributed by atoms with Crippen LogP contribution < -0.4 is 0 Å². The average Bonchev–Trinajstić information content (AvgIpc) is 2.95. The van der Waals surface area contributed by atoms with Gasteiger partial charge < -0.3 is 15.3 Å². The summed E-state index contributed by atoms with van der Waals surface area (Å²) in [5.41, 5.74) is 9.06. The molecule has 0 aliphatic carbocycles. The molecule has 0 aromatic heterocycles. The van der Waals surface area contributed by atoms with Gasteiger partial charge in [0.2, 0.25) is 0 Å². The van der Waals surface area contributed by atoms with Gasteiger partial charge in [-0.2, -0.15) is 0 Å². The first-order valence-electron chi connectivity index (χ1n) is 19.1. The highest BCUT2D eigenvalue weighted by Crippen LogP contribution is 2.46. The normalized spacial score (nSPS) is 13.3. The fourth-order valence-electron chi connectivity index (χ4n) is 7.49. The number of phenolic OH excluding ortho intramolecular Hbond substituents is 3. The first kappa shape index (κ1) is 40.5. The third-order valence-corrected chi connectivity index (χ3v) is 10.4. The van der Waals surface area contributed by atoms with E-state index in [-0.39, 0.29) is 22.2 Å². The highest BCUT2D eigenvalue weighted by molar-refractivity contribution is 5.60. The monoisotopic (exact) mass is 670 g/mol. The standard InChI is InChI=1S/C46H69O3/c1-14-15-16-17-18-19-20-21-22-33(34-27-38(44(5,6)7)41(47)23-30(34)2)26-37(35-28-39(45(8,9)10)42(48)24-31(35)3)36-29-40(46(11,12)13)43(49)25-32(36)4/h23-25,27-29,33,47-49H,14-22,26H2,1-13H3. The number of phenols is 3. The number of unbranched alkanes of at least 4 members (excludes halogenated alkanes) is 7. The average molecular weight is 670 g/mol. The van der Waals surface area contributed by atoms with E-state index in [1.54, 1.807) is 0 Å². The number of benzene rings is 3. The van der Waals surface area contributed by atoms with Gasteiger partial charge in [0.1, 0.15) is 17.2 Å². The third kappa shape index (κ3) is 10.5. The Morgan fingerprint density at radius 2 is 0.878 bits per heavy atom. The molecule has 3 rings (SSSR count). The van der Waals surface area contributed by atoms with Crippen molar-refractivity contribution in [2.75, 3.05) is 0 Å². The largest absolute Gasteiger partial charge is 0.508 e. The molecule has 3 nitrogen and oxygen atoms in total. The van der Waals surface area contributed by atoms with Crippen LogP contribution in [0, 0.1) is 26.7 Å². The summed E-state index contributed by atoms with van der Waals surface area (Å²) in [6, 6.07) is 12.6. The molecule has 0 aliphatic heterocycles. The summed E-state index contributed by atoms with van der Waals surface area (Å²) in [5.74, 6) is 2.53. The summed E-state index contributed by atoms with van der Waals surface area (Å²) in [6.07, 6.45) is 12.1. The minimum absolute atomic E-state index is 0.188. The van der Waals surface area contributed by atoms with Crippen LogP contribution in [-0.4, -0.2) is 15.3 Å². The maximum atomic E-state index is 11.1. The van der Waals surface area contributed by atoms with Gasteiger partial charge in [-0.3, -0.25) is 0 Å². The van der Waals surface area contributed by atoms with Crippen LogP contribution in [0.4, 0.5) is 0 Å². The lowest BCUT2D eigenvalue weighted by Gasteiger charge is -2.32. The van der Waals surface area contributed by atoms with Crippen LogP contribution in [0.1, 0.15) is 189 Å². The predicted octanol–water partition coefficient (Wildman–Crippen LogP) is 13.3. The Morgan fingerprint density at radius 1 is 0.510 bits per heavy atom. The van der Waals surface area contributed by atoms with E-state index >= 15 is 0 Å². The van der Waals surface area contributed by atoms with Crippen LogP contribution in [0.15, 0.2) is 36.4 Å². The topological polar surface area (TPSA) is 60.7 Å². The molecule has 3 aromatic rings. The van der Waals surface area contributed by atoms with Crippen molar-refractivity contribution in [2.45, 2.75) is 176 Å². The molecule has 3 aromatic carbocycles. The van der Waals surface area contributed by atoms with Crippen molar-refractivity contribution in [1.29, 1.82) is 0 Å². The zero-order chi connectivity index (χ0) is 36.9. The Balaban J connectivity index is 2.24. The molecule has 0 heterocycles. The van der Waals surface area contributed by atoms with Crippen molar-refractivity contribution >= 4 is 0 Å². The highest BCUT2D eigenvalue weighted by atomic mass is 16.3. The van der Waals surface area contributed by atoms with Crippen LogP contribution in [0.2, 0.25) is 0 Å². The highest BCUT2D eigenvalue weighted by Gasteiger charge is 2.31. The molecular formula is C46H69O3. The molecule has 0 saturated carbocycles. The van der Waals surface area contributed by atoms with Crippen molar-refractivity contribution in [1.82, 2.24) is 0 Å². The molecule has 0 spiro atoms. The summed E-state index contributed by atoms with van der Waals surface area (Å²) in [4.78, 5) is 0. The number of hydrogen-bond donors (Lipinski definition) is 3. The number of rotatable bonds is 14. The molecule has 49 heavy (non-hydrogen) atoms. The smallest absolute Gasteiger partial charge is 0.119 e. The van der Waals surface area contributed by atoms with Crippen LogP contribution in [0.5, 0.6) is 17.2 Å². The van der Waals surface area contributed by atoms with E-state index in [2.05, 4.69) is 108 Å². The third-order valence-electron chi connectivity index (χ3n) is 10.4. The Kier molecular flexibility index (Phi) is 13.5. The van der Waals surface area contributed by atoms with Crippen LogP contribution >= 0.6 is 0 Å². The first-order chi connectivity index (χ1) is 22.7. The SMILES string of the molecule is CCCCCCCCCCC(C[C](c1cc(C(C)(C)C)c(O)cc1C)c1cc(C(C)(C)C)c(O)cc1C)c1cc(C(C)(C)C)c(O)cc1C. The number of hydrogen-bond acceptors (Lipinski definition) is 3. The van der Waals surface area contributed by atoms with E-state index in [4.69, 9.17) is 0 Å². The zero-order valence-corrected chi connectivity index (χ0v) is 33.5. The molecule has 0 fully saturated rings. The van der Waals surface area contributed by atoms with Crippen molar-refractivity contribution in [3.8, 4) is 17.2 Å². The minimum Gasteiger partial charge on any atom is -0.508 e. The second-order valence-corrected chi connectivity index (χ2v) is 18.0. The fourth-order valence-corrected chi connectivity index (χ4v) is 7.49. The molecule has 0 aliphatic rings. The molecular weight excluding hydrogens is 601 g/mol. The minimum atomic E-state index is -0.232. The Bertz CT molecular complexity index is 1470. The Hall–Kier alpha value is -2.94. The van der Waals surface area contributed by atoms with Gasteiger partial charge in [0, 0.05) is 5.92 Å². The lowest BCUT2D eigenvalue weighted by molar-refractivity contribution is 0.444. The maximum absolute atomic E-state index is 11.1. The van der Waals surface area contributed by atoms with Gasteiger partial charge >= 0.3 is 0 Å². The predicted molar refractivity (Wildman–Crippen MR) is 211 cm³/mol. The molecule has 0 amide bonds. The van der Waals surface area contributed by atoms with Gasteiger partial charge in [-0.1, -0.05) is 139 Å². The van der Waals surface area contributed by atoms with E-state index in [0.717, 1.165) is 63.8 Å². The molecule has 1 unspecified atom stereocenters. The van der Waals surface area contributed by atoms with E-state index in [9.17, 15) is 15.3 Å². The van der Waals surface area contributed by atoms with Gasteiger partial charge in [-0.15, -0.1) is 0 Å². The van der Waals surface area contributed by atoms with Gasteiger partial charge in [0.05, 0.1) is 0 Å². The fraction of sp³-hybridized carbons (Fsp3) is 0.587. The summed E-state index contributed by atoms with van der Waals surface area (Å²) in [5, 5.41) is 33.4. The van der Waals surface area contributed by atoms with Gasteiger partial charge in [0.15, 0.2) is 0 Å². The summed E-state index contributed by atoms with van der Waals surface area (Å²) in [7, 11) is 0. The molecule has 0 bridgehead atoms. The number of aryl methyl sites for hydroxylation is 3. The Morgan fingerprint density at radius 3 is 1.29 bits per heavy atom. The zero-order valence-electron chi connectivity index (χ0n) is 33.5. The van der Waals surface area contributed by atoms with Crippen LogP contribution in [0.3, 0.4) is 0 Å². The van der Waals surface area contributed by atoms with Gasteiger partial charge in [0.25, 0.3) is 0 Å². The van der Waals surface area contributed by atoms with Crippen molar-refractivity contribution in [2.24, 2.45) is 0 Å². The maximum Gasteiger partial charge on any atom is 0.119 e. The lowest BCUT2D eigenvalue weighted by atomic mass is 9.72. The molecule has 1 atom stereocenters. The summed E-state index contributed by atoms with van der Waals surface area (Å²) < 4.78 is 0. The molecule has 3 N–H and O–H groups in total. The lowest BCUT2D eigenvalue weighted by Crippen LogP contribution is -2.18. The molecule has 1 radical (unpaired) electrons. The quantitative estimate of drug-likeness (QED) is 0.150. The Labute approximate surface area is 300 Å². The van der Waals surface area contributed by atoms with Crippen molar-refractivity contribution < 1.29 is 15.3 Å². The second-order valence-electron chi connectivity index (χ2n) is 18.0. The van der Waals surface area contributed by atoms with Gasteiger partial charge in [-0.05, 0) is 124 Å². The van der Waals surface area contributed by atoms with Gasteiger partial charge in [-0.25, -0.2) is 0 Å². The molecule has 0 saturated heterocycles. The van der Waals surface area contributed by atoms with Crippen LogP contribution in [-0.2, 0) is 16.2 Å². The van der Waals surface area contributed by atoms with Crippen LogP contribution in [0.25, 0.3) is 0 Å². The van der Waals surface area contributed by atoms with E-state index in [0.29, 0.717) is 17.2 Å². The first-order valence-corrected chi connectivity index (χ1v) is 19.1. The van der Waals surface area contributed by atoms with E-state index in [1.807, 2.05) is 18.2 Å². The summed E-state index contributed by atoms with van der Waals surface area (Å²) >= 11 is 0. The number of aromatic hydroxyl groups is 3. The van der Waals surface area contributed by atoms with E-state index in [1.165, 1.54) is 56.4 Å². The molecule has 3 heteroatoms. The van der Waals surface area contributed by atoms with E-state index < -0.39 is 0 Å².